The molecule has 1 aromatic heterocycles. The van der Waals surface area contributed by atoms with Crippen LogP contribution < -0.4 is 5.01 Å². The molecular weight excluding hydrogens is 350 g/mol. The maximum atomic E-state index is 11.3. The number of aromatic carboxylic acids is 1. The maximum Gasteiger partial charge on any atom is 0.335 e. The zero-order valence-corrected chi connectivity index (χ0v) is 14.5. The number of carboxylic acids is 1. The lowest BCUT2D eigenvalue weighted by atomic mass is 10.2. The number of pyridine rings is 1. The van der Waals surface area contributed by atoms with Crippen LogP contribution in [0.15, 0.2) is 83.2 Å². The van der Waals surface area contributed by atoms with Crippen LogP contribution in [-0.4, -0.2) is 16.1 Å². The predicted octanol–water partition coefficient (Wildman–Crippen LogP) is 4.89. The minimum atomic E-state index is -1.06. The zero-order valence-electron chi connectivity index (χ0n) is 13.6. The van der Waals surface area contributed by atoms with Gasteiger partial charge in [-0.05, 0) is 54.1 Å². The van der Waals surface area contributed by atoms with Crippen molar-refractivity contribution in [2.75, 3.05) is 5.01 Å². The van der Waals surface area contributed by atoms with E-state index < -0.39 is 5.97 Å². The molecule has 0 amide bonds. The minimum Gasteiger partial charge on any atom is -0.478 e. The summed E-state index contributed by atoms with van der Waals surface area (Å²) in [6, 6.07) is 17.4. The van der Waals surface area contributed by atoms with Crippen molar-refractivity contribution in [1.29, 1.82) is 0 Å². The number of hydrogen-bond donors (Lipinski definition) is 1. The molecule has 0 aliphatic heterocycles. The molecule has 130 valence electrons. The highest BCUT2D eigenvalue weighted by atomic mass is 32.2. The van der Waals surface area contributed by atoms with E-state index in [0.29, 0.717) is 11.4 Å². The first-order chi connectivity index (χ1) is 12.7. The number of carboxylic acid groups (broad SMARTS) is 1. The van der Waals surface area contributed by atoms with Gasteiger partial charge in [0.25, 0.3) is 0 Å². The van der Waals surface area contributed by atoms with E-state index in [-0.39, 0.29) is 5.56 Å². The number of anilines is 2. The second-order valence-corrected chi connectivity index (χ2v) is 6.44. The fourth-order valence-corrected chi connectivity index (χ4v) is 3.18. The molecular formula is C19H15N3O3S. The highest BCUT2D eigenvalue weighted by Gasteiger charge is 2.12. The number of nitrogens with zero attached hydrogens (tertiary/aromatic N) is 3. The summed E-state index contributed by atoms with van der Waals surface area (Å²) in [6.45, 7) is 0. The first-order valence-corrected chi connectivity index (χ1v) is 8.74. The van der Waals surface area contributed by atoms with Gasteiger partial charge in [-0.2, -0.15) is 5.01 Å². The number of aromatic nitrogens is 1. The van der Waals surface area contributed by atoms with Crippen molar-refractivity contribution in [3.05, 3.63) is 89.1 Å². The molecule has 0 aliphatic carbocycles. The Morgan fingerprint density at radius 3 is 2.54 bits per heavy atom. The summed E-state index contributed by atoms with van der Waals surface area (Å²) >= 11 is 1.66. The van der Waals surface area contributed by atoms with Crippen LogP contribution >= 0.6 is 11.8 Å². The zero-order chi connectivity index (χ0) is 18.4. The SMILES string of the molecule is O=NN(c1ccc(SCc2cccnc2)cc1)c1cccc(C(=O)O)c1. The Hall–Kier alpha value is -3.19. The van der Waals surface area contributed by atoms with Gasteiger partial charge in [0.05, 0.1) is 22.2 Å². The van der Waals surface area contributed by atoms with Gasteiger partial charge in [0.15, 0.2) is 0 Å². The fraction of sp³-hybridized carbons (Fsp3) is 0.0526. The van der Waals surface area contributed by atoms with Crippen LogP contribution in [0.5, 0.6) is 0 Å². The first kappa shape index (κ1) is 17.6. The predicted molar refractivity (Wildman–Crippen MR) is 102 cm³/mol. The van der Waals surface area contributed by atoms with E-state index in [9.17, 15) is 9.70 Å². The van der Waals surface area contributed by atoms with Crippen molar-refractivity contribution >= 4 is 29.1 Å². The molecule has 0 fully saturated rings. The summed E-state index contributed by atoms with van der Waals surface area (Å²) < 4.78 is 0. The van der Waals surface area contributed by atoms with Crippen LogP contribution in [0.1, 0.15) is 15.9 Å². The topological polar surface area (TPSA) is 82.9 Å². The molecule has 2 aromatic carbocycles. The molecule has 3 aromatic rings. The summed E-state index contributed by atoms with van der Waals surface area (Å²) in [7, 11) is 0. The molecule has 0 aliphatic rings. The van der Waals surface area contributed by atoms with Crippen LogP contribution in [0.4, 0.5) is 11.4 Å². The van der Waals surface area contributed by atoms with Crippen LogP contribution in [-0.2, 0) is 5.75 Å². The second-order valence-electron chi connectivity index (χ2n) is 5.39. The van der Waals surface area contributed by atoms with E-state index in [2.05, 4.69) is 10.3 Å². The van der Waals surface area contributed by atoms with Crippen molar-refractivity contribution in [3.63, 3.8) is 0 Å². The monoisotopic (exact) mass is 365 g/mol. The van der Waals surface area contributed by atoms with Crippen LogP contribution in [0, 0.1) is 4.91 Å². The van der Waals surface area contributed by atoms with E-state index >= 15 is 0 Å². The molecule has 7 heteroatoms. The van der Waals surface area contributed by atoms with Gasteiger partial charge < -0.3 is 5.11 Å². The van der Waals surface area contributed by atoms with Gasteiger partial charge in [-0.15, -0.1) is 16.7 Å². The maximum absolute atomic E-state index is 11.3. The number of nitroso groups, excluding NO2 is 1. The third-order valence-electron chi connectivity index (χ3n) is 3.63. The Labute approximate surface area is 154 Å². The molecule has 6 nitrogen and oxygen atoms in total. The van der Waals surface area contributed by atoms with E-state index in [0.717, 1.165) is 16.2 Å². The summed E-state index contributed by atoms with van der Waals surface area (Å²) in [4.78, 5) is 27.5. The van der Waals surface area contributed by atoms with Gasteiger partial charge in [0.1, 0.15) is 0 Å². The molecule has 0 saturated carbocycles. The van der Waals surface area contributed by atoms with E-state index in [1.165, 1.54) is 17.1 Å². The Bertz CT molecular complexity index is 901. The van der Waals surface area contributed by atoms with Crippen molar-refractivity contribution in [2.24, 2.45) is 5.29 Å². The summed E-state index contributed by atoms with van der Waals surface area (Å²) in [5.41, 5.74) is 2.19. The second kappa shape index (κ2) is 8.26. The summed E-state index contributed by atoms with van der Waals surface area (Å²) in [6.07, 6.45) is 3.57. The van der Waals surface area contributed by atoms with Crippen LogP contribution in [0.2, 0.25) is 0 Å². The molecule has 3 rings (SSSR count). The third-order valence-corrected chi connectivity index (χ3v) is 4.71. The average Bonchev–Trinajstić information content (AvgIpc) is 2.69. The molecule has 26 heavy (non-hydrogen) atoms. The lowest BCUT2D eigenvalue weighted by molar-refractivity contribution is 0.0697. The average molecular weight is 365 g/mol. The Morgan fingerprint density at radius 1 is 1.08 bits per heavy atom. The van der Waals surface area contributed by atoms with E-state index in [1.807, 2.05) is 30.5 Å². The van der Waals surface area contributed by atoms with Crippen LogP contribution in [0.25, 0.3) is 0 Å². The Balaban J connectivity index is 1.74. The molecule has 0 unspecified atom stereocenters. The van der Waals surface area contributed by atoms with Gasteiger partial charge >= 0.3 is 5.97 Å². The number of rotatable bonds is 7. The lowest BCUT2D eigenvalue weighted by Crippen LogP contribution is -2.08. The summed E-state index contributed by atoms with van der Waals surface area (Å²) in [5.74, 6) is -0.261. The lowest BCUT2D eigenvalue weighted by Gasteiger charge is -2.16. The van der Waals surface area contributed by atoms with Gasteiger partial charge in [0.2, 0.25) is 0 Å². The van der Waals surface area contributed by atoms with E-state index in [4.69, 9.17) is 5.11 Å². The largest absolute Gasteiger partial charge is 0.478 e. The van der Waals surface area contributed by atoms with Crippen molar-refractivity contribution in [1.82, 2.24) is 4.98 Å². The van der Waals surface area contributed by atoms with Gasteiger partial charge in [0, 0.05) is 23.0 Å². The standard InChI is InChI=1S/C19H15N3O3S/c23-19(24)15-4-1-5-17(11-15)22(21-25)16-6-8-18(9-7-16)26-13-14-3-2-10-20-12-14/h1-12H,13H2,(H,23,24). The number of carbonyl (C=O) groups is 1. The molecule has 0 bridgehead atoms. The van der Waals surface area contributed by atoms with E-state index in [1.54, 1.807) is 42.2 Å². The Kier molecular flexibility index (Phi) is 5.60. The van der Waals surface area contributed by atoms with Crippen molar-refractivity contribution in [3.8, 4) is 0 Å². The van der Waals surface area contributed by atoms with Gasteiger partial charge in [-0.1, -0.05) is 12.1 Å². The molecule has 0 spiro atoms. The highest BCUT2D eigenvalue weighted by Crippen LogP contribution is 2.30. The van der Waals surface area contributed by atoms with Crippen molar-refractivity contribution < 1.29 is 9.90 Å². The Morgan fingerprint density at radius 2 is 1.88 bits per heavy atom. The normalized spacial score (nSPS) is 10.3. The highest BCUT2D eigenvalue weighted by molar-refractivity contribution is 7.98. The van der Waals surface area contributed by atoms with Crippen molar-refractivity contribution in [2.45, 2.75) is 10.6 Å². The smallest absolute Gasteiger partial charge is 0.335 e. The quantitative estimate of drug-likeness (QED) is 0.364. The molecule has 1 heterocycles. The minimum absolute atomic E-state index is 0.0970. The fourth-order valence-electron chi connectivity index (χ4n) is 2.35. The number of benzene rings is 2. The van der Waals surface area contributed by atoms with Gasteiger partial charge in [-0.25, -0.2) is 4.79 Å². The van der Waals surface area contributed by atoms with Gasteiger partial charge in [-0.3, -0.25) is 4.98 Å². The first-order valence-electron chi connectivity index (χ1n) is 7.76. The number of thioether (sulfide) groups is 1. The molecule has 1 N–H and O–H groups in total. The van der Waals surface area contributed by atoms with Crippen LogP contribution in [0.3, 0.4) is 0 Å². The number of hydrogen-bond acceptors (Lipinski definition) is 5. The molecule has 0 atom stereocenters. The third kappa shape index (κ3) is 4.25. The summed E-state index contributed by atoms with van der Waals surface area (Å²) in [5, 5.41) is 13.3. The molecule has 0 saturated heterocycles. The molecule has 0 radical (unpaired) electrons.